The second-order valence-electron chi connectivity index (χ2n) is 9.92. The van der Waals surface area contributed by atoms with Gasteiger partial charge in [-0.25, -0.2) is 28.6 Å². The molecule has 2 aliphatic rings. The van der Waals surface area contributed by atoms with Crippen molar-refractivity contribution in [2.45, 2.75) is 25.2 Å². The minimum Gasteiger partial charge on any atom is -0.424 e. The molecule has 2 aromatic carbocycles. The highest BCUT2D eigenvalue weighted by atomic mass is 32.2. The van der Waals surface area contributed by atoms with E-state index in [9.17, 15) is 9.00 Å². The second-order valence-corrected chi connectivity index (χ2v) is 12.4. The Balaban J connectivity index is 0.970. The van der Waals surface area contributed by atoms with Crippen molar-refractivity contribution in [2.24, 2.45) is 0 Å². The predicted octanol–water partition coefficient (Wildman–Crippen LogP) is 5.97. The lowest BCUT2D eigenvalue weighted by Gasteiger charge is -2.10. The van der Waals surface area contributed by atoms with E-state index in [1.54, 1.807) is 10.9 Å². The summed E-state index contributed by atoms with van der Waals surface area (Å²) < 4.78 is 21.5. The summed E-state index contributed by atoms with van der Waals surface area (Å²) in [6.07, 6.45) is 7.93. The van der Waals surface area contributed by atoms with Crippen LogP contribution in [0.1, 0.15) is 30.9 Å². The minimum absolute atomic E-state index is 0.154. The topological polar surface area (TPSA) is 127 Å². The summed E-state index contributed by atoms with van der Waals surface area (Å²) in [4.78, 5) is 26.7. The van der Waals surface area contributed by atoms with Crippen LogP contribution in [0.2, 0.25) is 0 Å². The van der Waals surface area contributed by atoms with Gasteiger partial charge in [-0.1, -0.05) is 29.5 Å². The van der Waals surface area contributed by atoms with Crippen molar-refractivity contribution in [3.05, 3.63) is 84.9 Å². The quantitative estimate of drug-likeness (QED) is 0.225. The Bertz CT molecular complexity index is 1740. The van der Waals surface area contributed by atoms with Crippen LogP contribution < -0.4 is 19.7 Å². The summed E-state index contributed by atoms with van der Waals surface area (Å²) in [5.41, 5.74) is 3.25. The average molecular weight is 599 g/mol. The van der Waals surface area contributed by atoms with Gasteiger partial charge in [-0.2, -0.15) is 5.10 Å². The predicted molar refractivity (Wildman–Crippen MR) is 163 cm³/mol. The Hall–Kier alpha value is -4.62. The molecule has 1 unspecified atom stereocenters. The highest BCUT2D eigenvalue weighted by molar-refractivity contribution is 7.87. The average Bonchev–Trinajstić information content (AvgIpc) is 3.37. The van der Waals surface area contributed by atoms with Crippen LogP contribution in [0.3, 0.4) is 0 Å². The maximum atomic E-state index is 12.8. The summed E-state index contributed by atoms with van der Waals surface area (Å²) in [5.74, 6) is 2.30. The van der Waals surface area contributed by atoms with E-state index in [2.05, 4.69) is 25.6 Å². The van der Waals surface area contributed by atoms with E-state index in [0.717, 1.165) is 52.8 Å². The highest BCUT2D eigenvalue weighted by Gasteiger charge is 2.28. The van der Waals surface area contributed by atoms with Crippen LogP contribution in [0.25, 0.3) is 16.1 Å². The van der Waals surface area contributed by atoms with Crippen molar-refractivity contribution < 1.29 is 13.7 Å². The van der Waals surface area contributed by atoms with Gasteiger partial charge >= 0.3 is 12.0 Å². The van der Waals surface area contributed by atoms with Crippen LogP contribution in [0.5, 0.6) is 11.8 Å². The maximum Gasteiger partial charge on any atom is 0.324 e. The first-order chi connectivity index (χ1) is 20.6. The smallest absolute Gasteiger partial charge is 0.324 e. The fourth-order valence-electron chi connectivity index (χ4n) is 4.58. The molecule has 1 saturated carbocycles. The SMILES string of the molecule is O=C(Nc1cnc(Oc2ccc(-c3cnc(N4CCCS4=O)s3)cc2)nc1)Nc1cc(C2CC2)nn1-c1ccccc1. The van der Waals surface area contributed by atoms with Gasteiger partial charge < -0.3 is 10.1 Å². The number of nitrogens with one attached hydrogen (secondary N) is 2. The summed E-state index contributed by atoms with van der Waals surface area (Å²) in [7, 11) is -0.986. The lowest BCUT2D eigenvalue weighted by atomic mass is 10.2. The van der Waals surface area contributed by atoms with Crippen LogP contribution in [0.4, 0.5) is 21.4 Å². The molecule has 42 heavy (non-hydrogen) atoms. The third-order valence-electron chi connectivity index (χ3n) is 6.83. The van der Waals surface area contributed by atoms with Crippen molar-refractivity contribution in [3.8, 4) is 27.9 Å². The first-order valence-electron chi connectivity index (χ1n) is 13.5. The van der Waals surface area contributed by atoms with Crippen LogP contribution in [-0.4, -0.2) is 47.3 Å². The molecule has 2 amide bonds. The lowest BCUT2D eigenvalue weighted by molar-refractivity contribution is 0.262. The van der Waals surface area contributed by atoms with E-state index in [0.29, 0.717) is 28.9 Å². The Kier molecular flexibility index (Phi) is 7.10. The van der Waals surface area contributed by atoms with Crippen molar-refractivity contribution in [2.75, 3.05) is 27.2 Å². The number of aromatic nitrogens is 5. The number of amides is 2. The standard InChI is InChI=1S/C29H26N8O3S2/c38-27(34-26-15-24(19-7-8-19)35-37(26)22-5-2-1-3-6-22)33-21-16-30-28(31-17-21)40-23-11-9-20(10-12-23)25-18-32-29(41-25)36-13-4-14-42(36)39/h1-3,5-6,9-12,15-19H,4,7-8,13-14H2,(H2,33,34,38). The molecule has 1 aliphatic carbocycles. The fraction of sp³-hybridized carbons (Fsp3) is 0.207. The number of thiazole rings is 1. The Morgan fingerprint density at radius 3 is 2.48 bits per heavy atom. The van der Waals surface area contributed by atoms with Gasteiger partial charge in [-0.3, -0.25) is 9.62 Å². The first kappa shape index (κ1) is 26.3. The molecule has 2 fully saturated rings. The number of hydrogen-bond acceptors (Lipinski definition) is 8. The van der Waals surface area contributed by atoms with Crippen molar-refractivity contribution in [1.82, 2.24) is 24.7 Å². The van der Waals surface area contributed by atoms with Crippen molar-refractivity contribution >= 4 is 45.0 Å². The lowest BCUT2D eigenvalue weighted by Crippen LogP contribution is -2.21. The van der Waals surface area contributed by atoms with Gasteiger partial charge in [0.1, 0.15) is 22.6 Å². The number of carbonyl (C=O) groups is 1. The molecule has 0 bridgehead atoms. The molecule has 13 heteroatoms. The first-order valence-corrected chi connectivity index (χ1v) is 15.6. The van der Waals surface area contributed by atoms with Gasteiger partial charge in [0.05, 0.1) is 34.3 Å². The maximum absolute atomic E-state index is 12.8. The van der Waals surface area contributed by atoms with Crippen LogP contribution in [-0.2, 0) is 11.0 Å². The molecule has 1 atom stereocenters. The Morgan fingerprint density at radius 1 is 0.976 bits per heavy atom. The summed E-state index contributed by atoms with van der Waals surface area (Å²) in [6.45, 7) is 0.770. The van der Waals surface area contributed by atoms with Crippen LogP contribution >= 0.6 is 11.3 Å². The summed E-state index contributed by atoms with van der Waals surface area (Å²) in [5, 5.41) is 11.2. The molecule has 4 heterocycles. The molecule has 0 spiro atoms. The Morgan fingerprint density at radius 2 is 1.76 bits per heavy atom. The molecule has 7 rings (SSSR count). The molecular weight excluding hydrogens is 573 g/mol. The van der Waals surface area contributed by atoms with E-state index in [1.165, 1.54) is 23.7 Å². The van der Waals surface area contributed by atoms with Gasteiger partial charge in [0, 0.05) is 30.5 Å². The Labute approximate surface area is 248 Å². The third-order valence-corrected chi connectivity index (χ3v) is 9.50. The number of rotatable bonds is 8. The van der Waals surface area contributed by atoms with Gasteiger partial charge in [0.25, 0.3) is 0 Å². The molecule has 1 aliphatic heterocycles. The van der Waals surface area contributed by atoms with E-state index >= 15 is 0 Å². The number of benzene rings is 2. The van der Waals surface area contributed by atoms with Crippen LogP contribution in [0.15, 0.2) is 79.3 Å². The van der Waals surface area contributed by atoms with E-state index in [1.807, 2.05) is 65.0 Å². The molecule has 0 radical (unpaired) electrons. The zero-order chi connectivity index (χ0) is 28.5. The zero-order valence-corrected chi connectivity index (χ0v) is 24.0. The molecule has 2 N–H and O–H groups in total. The zero-order valence-electron chi connectivity index (χ0n) is 22.3. The van der Waals surface area contributed by atoms with Gasteiger partial charge in [-0.15, -0.1) is 0 Å². The molecule has 3 aromatic heterocycles. The molecule has 11 nitrogen and oxygen atoms in total. The largest absolute Gasteiger partial charge is 0.424 e. The number of hydrogen-bond donors (Lipinski definition) is 2. The summed E-state index contributed by atoms with van der Waals surface area (Å²) in [6, 6.07) is 18.9. The number of carbonyl (C=O) groups excluding carboxylic acids is 1. The van der Waals surface area contributed by atoms with Gasteiger partial charge in [0.2, 0.25) is 0 Å². The summed E-state index contributed by atoms with van der Waals surface area (Å²) >= 11 is 1.52. The van der Waals surface area contributed by atoms with Gasteiger partial charge in [-0.05, 0) is 61.2 Å². The molecule has 1 saturated heterocycles. The number of anilines is 3. The van der Waals surface area contributed by atoms with Crippen molar-refractivity contribution in [3.63, 3.8) is 0 Å². The van der Waals surface area contributed by atoms with Crippen LogP contribution in [0, 0.1) is 0 Å². The second kappa shape index (κ2) is 11.3. The third kappa shape index (κ3) is 5.74. The number of para-hydroxylation sites is 1. The van der Waals surface area contributed by atoms with E-state index in [4.69, 9.17) is 9.84 Å². The minimum atomic E-state index is -0.986. The number of nitrogens with zero attached hydrogens (tertiary/aromatic N) is 6. The fourth-order valence-corrected chi connectivity index (χ4v) is 6.94. The van der Waals surface area contributed by atoms with Crippen molar-refractivity contribution in [1.29, 1.82) is 0 Å². The normalized spacial score (nSPS) is 16.4. The van der Waals surface area contributed by atoms with E-state index < -0.39 is 17.0 Å². The van der Waals surface area contributed by atoms with E-state index in [-0.39, 0.29) is 6.01 Å². The van der Waals surface area contributed by atoms with Gasteiger partial charge in [0.15, 0.2) is 5.13 Å². The molecular formula is C29H26N8O3S2. The molecule has 5 aromatic rings. The number of ether oxygens (including phenoxy) is 1. The monoisotopic (exact) mass is 598 g/mol. The number of urea groups is 1. The molecule has 212 valence electrons. The highest BCUT2D eigenvalue weighted by Crippen LogP contribution is 2.40.